The third-order valence-corrected chi connectivity index (χ3v) is 4.97. The van der Waals surface area contributed by atoms with Crippen LogP contribution in [0.25, 0.3) is 10.9 Å². The first-order chi connectivity index (χ1) is 14.7. The van der Waals surface area contributed by atoms with Crippen molar-refractivity contribution in [3.8, 4) is 0 Å². The van der Waals surface area contributed by atoms with Gasteiger partial charge in [-0.1, -0.05) is 30.3 Å². The molecule has 4 rings (SSSR count). The number of rotatable bonds is 7. The average Bonchev–Trinajstić information content (AvgIpc) is 3.38. The van der Waals surface area contributed by atoms with Crippen LogP contribution in [0.2, 0.25) is 0 Å². The van der Waals surface area contributed by atoms with Crippen LogP contribution in [0.4, 0.5) is 4.39 Å². The molecule has 7 heteroatoms. The third-order valence-electron chi connectivity index (χ3n) is 4.97. The van der Waals surface area contributed by atoms with Gasteiger partial charge in [-0.2, -0.15) is 5.10 Å². The topological polar surface area (TPSA) is 70.0 Å². The van der Waals surface area contributed by atoms with E-state index in [0.717, 1.165) is 41.0 Å². The molecule has 0 saturated carbocycles. The second-order valence-electron chi connectivity index (χ2n) is 7.14. The number of aromatic nitrogens is 3. The second kappa shape index (κ2) is 9.26. The largest absolute Gasteiger partial charge is 0.361 e. The van der Waals surface area contributed by atoms with Gasteiger partial charge in [-0.25, -0.2) is 4.39 Å². The van der Waals surface area contributed by atoms with E-state index in [1.165, 1.54) is 11.6 Å². The molecule has 3 N–H and O–H groups in total. The lowest BCUT2D eigenvalue weighted by molar-refractivity contribution is 0.629. The van der Waals surface area contributed by atoms with E-state index in [2.05, 4.69) is 37.8 Å². The van der Waals surface area contributed by atoms with Gasteiger partial charge >= 0.3 is 0 Å². The second-order valence-corrected chi connectivity index (χ2v) is 7.14. The lowest BCUT2D eigenvalue weighted by Crippen LogP contribution is -2.37. The fraction of sp³-hybridized carbons (Fsp3) is 0.217. The fourth-order valence-electron chi connectivity index (χ4n) is 3.43. The first-order valence-corrected chi connectivity index (χ1v) is 9.96. The van der Waals surface area contributed by atoms with E-state index < -0.39 is 0 Å². The van der Waals surface area contributed by atoms with Crippen molar-refractivity contribution in [3.05, 3.63) is 89.6 Å². The quantitative estimate of drug-likeness (QED) is 0.326. The first kappa shape index (κ1) is 19.7. The Labute approximate surface area is 174 Å². The highest BCUT2D eigenvalue weighted by Crippen LogP contribution is 2.19. The van der Waals surface area contributed by atoms with Crippen molar-refractivity contribution in [1.29, 1.82) is 0 Å². The molecule has 0 aliphatic carbocycles. The Balaban J connectivity index is 1.26. The van der Waals surface area contributed by atoms with Gasteiger partial charge in [-0.05, 0) is 35.7 Å². The first-order valence-electron chi connectivity index (χ1n) is 9.96. The zero-order valence-electron chi connectivity index (χ0n) is 16.9. The molecule has 2 heterocycles. The van der Waals surface area contributed by atoms with Crippen LogP contribution < -0.4 is 10.6 Å². The van der Waals surface area contributed by atoms with Crippen LogP contribution in [-0.2, 0) is 19.5 Å². The summed E-state index contributed by atoms with van der Waals surface area (Å²) >= 11 is 0. The summed E-state index contributed by atoms with van der Waals surface area (Å²) in [4.78, 5) is 7.46. The molecule has 0 amide bonds. The Morgan fingerprint density at radius 1 is 1.13 bits per heavy atom. The maximum atomic E-state index is 13.5. The molecular formula is C23H25FN6. The molecule has 2 aromatic heterocycles. The Kier molecular flexibility index (Phi) is 6.08. The average molecular weight is 404 g/mol. The van der Waals surface area contributed by atoms with Crippen molar-refractivity contribution < 1.29 is 4.39 Å². The molecule has 6 nitrogen and oxygen atoms in total. The van der Waals surface area contributed by atoms with Gasteiger partial charge < -0.3 is 15.6 Å². The summed E-state index contributed by atoms with van der Waals surface area (Å²) in [5, 5.41) is 12.0. The predicted octanol–water partition coefficient (Wildman–Crippen LogP) is 3.46. The van der Waals surface area contributed by atoms with Gasteiger partial charge in [0.05, 0.1) is 12.7 Å². The third kappa shape index (κ3) is 4.86. The van der Waals surface area contributed by atoms with E-state index in [0.29, 0.717) is 13.1 Å². The van der Waals surface area contributed by atoms with Gasteiger partial charge in [-0.15, -0.1) is 0 Å². The summed E-state index contributed by atoms with van der Waals surface area (Å²) in [6.07, 6.45) is 6.60. The molecule has 2 aromatic carbocycles. The van der Waals surface area contributed by atoms with Crippen LogP contribution in [0.5, 0.6) is 0 Å². The summed E-state index contributed by atoms with van der Waals surface area (Å²) in [6, 6.07) is 15.1. The number of aromatic amines is 1. The Hall–Kier alpha value is -3.61. The molecule has 0 fully saturated rings. The van der Waals surface area contributed by atoms with Crippen molar-refractivity contribution in [1.82, 2.24) is 25.4 Å². The molecule has 4 aromatic rings. The Bertz CT molecular complexity index is 1130. The van der Waals surface area contributed by atoms with E-state index in [4.69, 9.17) is 0 Å². The molecule has 0 spiro atoms. The van der Waals surface area contributed by atoms with Crippen LogP contribution in [0, 0.1) is 5.82 Å². The number of benzene rings is 2. The summed E-state index contributed by atoms with van der Waals surface area (Å²) in [5.41, 5.74) is 4.33. The molecular weight excluding hydrogens is 379 g/mol. The minimum Gasteiger partial charge on any atom is -0.361 e. The van der Waals surface area contributed by atoms with Crippen LogP contribution >= 0.6 is 0 Å². The Morgan fingerprint density at radius 2 is 2.00 bits per heavy atom. The molecule has 30 heavy (non-hydrogen) atoms. The lowest BCUT2D eigenvalue weighted by atomic mass is 10.1. The molecule has 0 atom stereocenters. The molecule has 0 saturated heterocycles. The number of guanidine groups is 1. The molecule has 0 unspecified atom stereocenters. The van der Waals surface area contributed by atoms with Crippen LogP contribution in [0.3, 0.4) is 0 Å². The summed E-state index contributed by atoms with van der Waals surface area (Å²) in [5.74, 6) is 0.499. The van der Waals surface area contributed by atoms with Crippen molar-refractivity contribution in [3.63, 3.8) is 0 Å². The zero-order valence-corrected chi connectivity index (χ0v) is 16.9. The molecule has 0 aliphatic rings. The number of H-pyrrole nitrogens is 1. The van der Waals surface area contributed by atoms with E-state index in [-0.39, 0.29) is 5.82 Å². The van der Waals surface area contributed by atoms with Crippen LogP contribution in [0.1, 0.15) is 16.7 Å². The number of aliphatic imine (C=N–C) groups is 1. The summed E-state index contributed by atoms with van der Waals surface area (Å²) in [7, 11) is 1.75. The summed E-state index contributed by atoms with van der Waals surface area (Å²) < 4.78 is 15.4. The molecule has 0 radical (unpaired) electrons. The van der Waals surface area contributed by atoms with E-state index in [1.54, 1.807) is 19.2 Å². The SMILES string of the molecule is CN=C(NCCc1c[nH]c2ccc(F)cc12)NCc1cnn(Cc2ccccc2)c1. The van der Waals surface area contributed by atoms with Gasteiger partial charge in [-0.3, -0.25) is 9.67 Å². The van der Waals surface area contributed by atoms with Crippen LogP contribution in [0.15, 0.2) is 72.1 Å². The van der Waals surface area contributed by atoms with Crippen molar-refractivity contribution >= 4 is 16.9 Å². The normalized spacial score (nSPS) is 11.7. The Morgan fingerprint density at radius 3 is 2.83 bits per heavy atom. The minimum atomic E-state index is -0.221. The van der Waals surface area contributed by atoms with Gasteiger partial charge in [0.25, 0.3) is 0 Å². The highest BCUT2D eigenvalue weighted by atomic mass is 19.1. The smallest absolute Gasteiger partial charge is 0.191 e. The number of fused-ring (bicyclic) bond motifs is 1. The summed E-state index contributed by atoms with van der Waals surface area (Å²) in [6.45, 7) is 2.07. The van der Waals surface area contributed by atoms with E-state index in [9.17, 15) is 4.39 Å². The van der Waals surface area contributed by atoms with Gasteiger partial charge in [0.15, 0.2) is 5.96 Å². The fourth-order valence-corrected chi connectivity index (χ4v) is 3.43. The predicted molar refractivity (Wildman–Crippen MR) is 118 cm³/mol. The van der Waals surface area contributed by atoms with Gasteiger partial charge in [0.1, 0.15) is 5.82 Å². The zero-order chi connectivity index (χ0) is 20.8. The molecule has 0 bridgehead atoms. The number of halogens is 1. The number of hydrogen-bond acceptors (Lipinski definition) is 2. The number of hydrogen-bond donors (Lipinski definition) is 3. The van der Waals surface area contributed by atoms with Crippen molar-refractivity contribution in [2.75, 3.05) is 13.6 Å². The highest BCUT2D eigenvalue weighted by Gasteiger charge is 2.06. The standard InChI is InChI=1S/C23H25FN6/c1-25-23(26-10-9-19-14-27-22-8-7-20(24)11-21(19)22)28-12-18-13-29-30(16-18)15-17-5-3-2-4-6-17/h2-8,11,13-14,16,27H,9-10,12,15H2,1H3,(H2,25,26,28). The van der Waals surface area contributed by atoms with Gasteiger partial charge in [0, 0.05) is 49.0 Å². The molecule has 154 valence electrons. The van der Waals surface area contributed by atoms with Crippen molar-refractivity contribution in [2.24, 2.45) is 4.99 Å². The lowest BCUT2D eigenvalue weighted by Gasteiger charge is -2.11. The maximum absolute atomic E-state index is 13.5. The van der Waals surface area contributed by atoms with Crippen molar-refractivity contribution in [2.45, 2.75) is 19.5 Å². The van der Waals surface area contributed by atoms with Crippen LogP contribution in [-0.4, -0.2) is 34.3 Å². The highest BCUT2D eigenvalue weighted by molar-refractivity contribution is 5.83. The monoisotopic (exact) mass is 404 g/mol. The van der Waals surface area contributed by atoms with E-state index in [1.807, 2.05) is 41.5 Å². The maximum Gasteiger partial charge on any atom is 0.191 e. The molecule has 0 aliphatic heterocycles. The van der Waals surface area contributed by atoms with Gasteiger partial charge in [0.2, 0.25) is 0 Å². The van der Waals surface area contributed by atoms with E-state index >= 15 is 0 Å². The number of nitrogens with one attached hydrogen (secondary N) is 3. The minimum absolute atomic E-state index is 0.221. The number of nitrogens with zero attached hydrogens (tertiary/aromatic N) is 3.